The Hall–Kier alpha value is -3.55. The number of aryl methyl sites for hydroxylation is 5. The molecule has 0 saturated heterocycles. The molecule has 0 amide bonds. The van der Waals surface area contributed by atoms with Crippen LogP contribution in [0.1, 0.15) is 68.4 Å². The van der Waals surface area contributed by atoms with E-state index in [1.807, 2.05) is 57.3 Å². The highest BCUT2D eigenvalue weighted by Gasteiger charge is 2.18. The first-order valence-corrected chi connectivity index (χ1v) is 27.0. The third-order valence-corrected chi connectivity index (χ3v) is 17.7. The summed E-state index contributed by atoms with van der Waals surface area (Å²) >= 11 is 6.85. The van der Waals surface area contributed by atoms with E-state index in [2.05, 4.69) is 141 Å². The average molecular weight is 957 g/mol. The second-order valence-corrected chi connectivity index (χ2v) is 23.5. The summed E-state index contributed by atoms with van der Waals surface area (Å²) < 4.78 is 13.3. The first kappa shape index (κ1) is 49.5. The minimum absolute atomic E-state index is 0.121. The number of hydrogen-bond acceptors (Lipinski definition) is 11. The molecule has 7 aromatic rings. The molecule has 0 fully saturated rings. The summed E-state index contributed by atoms with van der Waals surface area (Å²) in [6.07, 6.45) is 2.05. The minimum atomic E-state index is 0.121. The summed E-state index contributed by atoms with van der Waals surface area (Å²) in [5.41, 5.74) is 8.31. The van der Waals surface area contributed by atoms with Crippen LogP contribution in [0.4, 0.5) is 0 Å². The molecule has 326 valence electrons. The van der Waals surface area contributed by atoms with Gasteiger partial charge in [0.05, 0.1) is 27.2 Å². The van der Waals surface area contributed by atoms with Gasteiger partial charge in [-0.05, 0) is 118 Å². The van der Waals surface area contributed by atoms with Gasteiger partial charge in [0, 0.05) is 31.2 Å². The molecule has 0 radical (unpaired) electrons. The first-order valence-electron chi connectivity index (χ1n) is 20.7. The lowest BCUT2D eigenvalue weighted by atomic mass is 10.1. The lowest BCUT2D eigenvalue weighted by molar-refractivity contribution is 0.290. The SMILES string of the molecule is Cc1ccc(OCCC(C)C)c(-c2csc(=O)s2)c1.Cc1ccc(OCCC(C)C)c(-c2sc(=O)sc2Sc2ccccc2C)c1.Cc1ccccc1SSc1ccccc1C. The fraction of sp³-hybridized carbons (Fsp3) is 0.294. The maximum atomic E-state index is 12.2. The van der Waals surface area contributed by atoms with Crippen molar-refractivity contribution >= 4 is 78.7 Å². The smallest absolute Gasteiger partial charge is 0.289 e. The molecule has 0 spiro atoms. The molecule has 2 heterocycles. The van der Waals surface area contributed by atoms with Crippen LogP contribution in [0.15, 0.2) is 143 Å². The van der Waals surface area contributed by atoms with Gasteiger partial charge in [-0.15, -0.1) is 0 Å². The first-order chi connectivity index (χ1) is 29.8. The van der Waals surface area contributed by atoms with Crippen LogP contribution in [0.5, 0.6) is 11.5 Å². The van der Waals surface area contributed by atoms with Gasteiger partial charge in [-0.25, -0.2) is 0 Å². The van der Waals surface area contributed by atoms with E-state index in [0.717, 1.165) is 49.4 Å². The van der Waals surface area contributed by atoms with E-state index >= 15 is 0 Å². The topological polar surface area (TPSA) is 52.6 Å². The van der Waals surface area contributed by atoms with E-state index in [1.54, 1.807) is 11.8 Å². The highest BCUT2D eigenvalue weighted by molar-refractivity contribution is 8.76. The Bertz CT molecular complexity index is 2550. The average Bonchev–Trinajstić information content (AvgIpc) is 3.84. The van der Waals surface area contributed by atoms with E-state index in [-0.39, 0.29) is 8.11 Å². The number of ether oxygens (including phenoxy) is 2. The molecule has 0 saturated carbocycles. The van der Waals surface area contributed by atoms with Gasteiger partial charge in [0.15, 0.2) is 0 Å². The van der Waals surface area contributed by atoms with Crippen molar-refractivity contribution in [1.82, 2.24) is 0 Å². The van der Waals surface area contributed by atoms with Crippen LogP contribution in [0, 0.1) is 46.5 Å². The lowest BCUT2D eigenvalue weighted by Crippen LogP contribution is -2.02. The minimum Gasteiger partial charge on any atom is -0.493 e. The molecule has 0 bridgehead atoms. The van der Waals surface area contributed by atoms with Crippen molar-refractivity contribution in [3.63, 3.8) is 0 Å². The highest BCUT2D eigenvalue weighted by atomic mass is 33.1. The Balaban J connectivity index is 0.000000183. The summed E-state index contributed by atoms with van der Waals surface area (Å²) in [7, 11) is 3.66. The van der Waals surface area contributed by atoms with Crippen LogP contribution in [-0.2, 0) is 0 Å². The highest BCUT2D eigenvalue weighted by Crippen LogP contribution is 2.45. The maximum Gasteiger partial charge on any atom is 0.289 e. The van der Waals surface area contributed by atoms with Crippen LogP contribution in [-0.4, -0.2) is 13.2 Å². The van der Waals surface area contributed by atoms with Crippen molar-refractivity contribution in [3.05, 3.63) is 160 Å². The quantitative estimate of drug-likeness (QED) is 0.0949. The standard InChI is InChI=1S/C22H24O2S3.C15H18O2S2.C14H14S2/c1-14(2)11-12-24-18-10-9-15(3)13-17(18)20-21(27-22(23)26-20)25-19-8-6-5-7-16(19)4;1-10(2)6-7-17-13-5-4-11(3)8-12(13)14-9-18-15(16)19-14;1-11-7-3-5-9-13(11)15-16-14-10-6-4-8-12(14)2/h5-10,13-14H,11-12H2,1-4H3;4-5,8-10H,6-7H2,1-3H3;3-10H,1-2H3. The molecule has 0 N–H and O–H groups in total. The van der Waals surface area contributed by atoms with E-state index < -0.39 is 0 Å². The van der Waals surface area contributed by atoms with Gasteiger partial charge in [0.25, 0.3) is 8.11 Å². The van der Waals surface area contributed by atoms with Crippen LogP contribution >= 0.6 is 78.7 Å². The Morgan fingerprint density at radius 2 is 1.00 bits per heavy atom. The van der Waals surface area contributed by atoms with Crippen molar-refractivity contribution in [2.24, 2.45) is 11.8 Å². The fourth-order valence-corrected chi connectivity index (χ4v) is 13.6. The zero-order chi connectivity index (χ0) is 44.6. The third kappa shape index (κ3) is 15.6. The lowest BCUT2D eigenvalue weighted by Gasteiger charge is -2.13. The molecule has 0 aliphatic rings. The molecule has 2 aromatic heterocycles. The van der Waals surface area contributed by atoms with E-state index in [4.69, 9.17) is 9.47 Å². The Kier molecular flexibility index (Phi) is 20.0. The van der Waals surface area contributed by atoms with E-state index in [1.165, 1.54) is 87.9 Å². The molecule has 0 aliphatic carbocycles. The van der Waals surface area contributed by atoms with Gasteiger partial charge in [0.2, 0.25) is 0 Å². The zero-order valence-corrected chi connectivity index (χ0v) is 42.7. The summed E-state index contributed by atoms with van der Waals surface area (Å²) in [5.74, 6) is 2.97. The van der Waals surface area contributed by atoms with Gasteiger partial charge < -0.3 is 9.47 Å². The van der Waals surface area contributed by atoms with Crippen molar-refractivity contribution in [2.75, 3.05) is 13.2 Å². The molecule has 7 rings (SSSR count). The van der Waals surface area contributed by atoms with Gasteiger partial charge in [-0.3, -0.25) is 9.59 Å². The molecule has 0 aliphatic heterocycles. The van der Waals surface area contributed by atoms with Crippen molar-refractivity contribution in [3.8, 4) is 32.4 Å². The normalized spacial score (nSPS) is 10.9. The van der Waals surface area contributed by atoms with Crippen LogP contribution in [0.3, 0.4) is 0 Å². The van der Waals surface area contributed by atoms with E-state index in [9.17, 15) is 9.59 Å². The molecule has 0 unspecified atom stereocenters. The molecule has 62 heavy (non-hydrogen) atoms. The van der Waals surface area contributed by atoms with Crippen LogP contribution < -0.4 is 17.6 Å². The molecule has 4 nitrogen and oxygen atoms in total. The predicted molar refractivity (Wildman–Crippen MR) is 277 cm³/mol. The van der Waals surface area contributed by atoms with Crippen molar-refractivity contribution in [1.29, 1.82) is 0 Å². The molecule has 5 aromatic carbocycles. The van der Waals surface area contributed by atoms with E-state index in [0.29, 0.717) is 25.0 Å². The number of rotatable bonds is 15. The number of hydrogen-bond donors (Lipinski definition) is 0. The summed E-state index contributed by atoms with van der Waals surface area (Å²) in [4.78, 5) is 29.5. The third-order valence-electron chi connectivity index (χ3n) is 9.39. The fourth-order valence-electron chi connectivity index (χ4n) is 5.74. The molecular formula is C51H56O4S7. The Morgan fingerprint density at radius 3 is 1.47 bits per heavy atom. The predicted octanol–water partition coefficient (Wildman–Crippen LogP) is 16.7. The van der Waals surface area contributed by atoms with Gasteiger partial charge in [-0.2, -0.15) is 0 Å². The monoisotopic (exact) mass is 956 g/mol. The summed E-state index contributed by atoms with van der Waals surface area (Å²) in [6, 6.07) is 37.6. The summed E-state index contributed by atoms with van der Waals surface area (Å²) in [5, 5.41) is 1.91. The van der Waals surface area contributed by atoms with Crippen LogP contribution in [0.2, 0.25) is 0 Å². The molecular weight excluding hydrogens is 901 g/mol. The second-order valence-electron chi connectivity index (χ2n) is 15.6. The largest absolute Gasteiger partial charge is 0.493 e. The second kappa shape index (κ2) is 25.1. The van der Waals surface area contributed by atoms with Crippen molar-refractivity contribution in [2.45, 2.75) is 94.1 Å². The zero-order valence-electron chi connectivity index (χ0n) is 36.9. The van der Waals surface area contributed by atoms with Crippen LogP contribution in [0.25, 0.3) is 20.9 Å². The Labute approximate surface area is 396 Å². The maximum absolute atomic E-state index is 12.2. The van der Waals surface area contributed by atoms with Gasteiger partial charge >= 0.3 is 0 Å². The Morgan fingerprint density at radius 1 is 0.532 bits per heavy atom. The van der Waals surface area contributed by atoms with Gasteiger partial charge in [-0.1, -0.05) is 184 Å². The summed E-state index contributed by atoms with van der Waals surface area (Å²) in [6.45, 7) is 20.7. The molecule has 11 heteroatoms. The van der Waals surface area contributed by atoms with Crippen molar-refractivity contribution < 1.29 is 9.47 Å². The van der Waals surface area contributed by atoms with Gasteiger partial charge in [0.1, 0.15) is 11.5 Å². The number of benzene rings is 5. The molecule has 0 atom stereocenters.